The van der Waals surface area contributed by atoms with Crippen molar-refractivity contribution in [3.05, 3.63) is 109 Å². The minimum Gasteiger partial charge on any atom is -0.0622 e. The van der Waals surface area contributed by atoms with E-state index in [0.717, 1.165) is 0 Å². The van der Waals surface area contributed by atoms with Crippen LogP contribution in [0.1, 0.15) is 5.56 Å². The summed E-state index contributed by atoms with van der Waals surface area (Å²) in [6, 6.07) is 36.5. The van der Waals surface area contributed by atoms with Crippen molar-refractivity contribution < 1.29 is 0 Å². The molecule has 0 bridgehead atoms. The number of benzene rings is 4. The Bertz CT molecular complexity index is 968. The van der Waals surface area contributed by atoms with Crippen LogP contribution in [0, 0.1) is 6.92 Å². The predicted molar refractivity (Wildman–Crippen MR) is 107 cm³/mol. The number of hydrogen-bond donors (Lipinski definition) is 0. The van der Waals surface area contributed by atoms with Gasteiger partial charge in [-0.25, -0.2) is 0 Å². The van der Waals surface area contributed by atoms with Crippen LogP contribution in [0.5, 0.6) is 0 Å². The Morgan fingerprint density at radius 3 is 1.32 bits per heavy atom. The van der Waals surface area contributed by atoms with Crippen LogP contribution in [0.3, 0.4) is 0 Å². The lowest BCUT2D eigenvalue weighted by Gasteiger charge is -2.17. The third kappa shape index (κ3) is 2.99. The van der Waals surface area contributed by atoms with Gasteiger partial charge in [-0.1, -0.05) is 103 Å². The Morgan fingerprint density at radius 1 is 0.400 bits per heavy atom. The zero-order chi connectivity index (χ0) is 17.1. The van der Waals surface area contributed by atoms with Gasteiger partial charge in [0.25, 0.3) is 0 Å². The standard InChI is InChI=1S/C25H20/c1-19-23(20-11-5-2-6-12-20)17-18-24(21-13-7-3-8-14-21)25(19)22-15-9-4-10-16-22/h2-18H,1H3. The second-order valence-electron chi connectivity index (χ2n) is 6.26. The first-order valence-electron chi connectivity index (χ1n) is 8.64. The SMILES string of the molecule is Cc1c(-c2ccccc2)ccc(-c2ccccc2)c1-c1ccccc1. The minimum absolute atomic E-state index is 1.25. The Balaban J connectivity index is 2.00. The van der Waals surface area contributed by atoms with E-state index in [1.54, 1.807) is 0 Å². The second kappa shape index (κ2) is 6.78. The molecule has 0 amide bonds. The van der Waals surface area contributed by atoms with E-state index >= 15 is 0 Å². The fourth-order valence-corrected chi connectivity index (χ4v) is 3.48. The van der Waals surface area contributed by atoms with E-state index in [-0.39, 0.29) is 0 Å². The Labute approximate surface area is 149 Å². The molecule has 4 rings (SSSR count). The van der Waals surface area contributed by atoms with Gasteiger partial charge in [-0.2, -0.15) is 0 Å². The van der Waals surface area contributed by atoms with Crippen molar-refractivity contribution in [1.29, 1.82) is 0 Å². The van der Waals surface area contributed by atoms with Crippen molar-refractivity contribution >= 4 is 0 Å². The quantitative estimate of drug-likeness (QED) is 0.381. The Kier molecular flexibility index (Phi) is 4.18. The lowest BCUT2D eigenvalue weighted by Crippen LogP contribution is -1.93. The number of rotatable bonds is 3. The molecule has 0 saturated carbocycles. The van der Waals surface area contributed by atoms with Crippen molar-refractivity contribution in [2.45, 2.75) is 6.92 Å². The molecule has 0 aliphatic rings. The summed E-state index contributed by atoms with van der Waals surface area (Å²) in [6.45, 7) is 2.23. The first kappa shape index (κ1) is 15.4. The molecule has 0 spiro atoms. The highest BCUT2D eigenvalue weighted by molar-refractivity contribution is 5.90. The molecule has 120 valence electrons. The van der Waals surface area contributed by atoms with E-state index in [9.17, 15) is 0 Å². The van der Waals surface area contributed by atoms with Gasteiger partial charge >= 0.3 is 0 Å². The molecule has 0 unspecified atom stereocenters. The van der Waals surface area contributed by atoms with Crippen LogP contribution in [0.15, 0.2) is 103 Å². The second-order valence-corrected chi connectivity index (χ2v) is 6.26. The lowest BCUT2D eigenvalue weighted by molar-refractivity contribution is 1.44. The summed E-state index contributed by atoms with van der Waals surface area (Å²) in [5.74, 6) is 0. The average molecular weight is 320 g/mol. The highest BCUT2D eigenvalue weighted by Crippen LogP contribution is 2.39. The molecule has 4 aromatic rings. The molecule has 0 aliphatic carbocycles. The van der Waals surface area contributed by atoms with Crippen molar-refractivity contribution in [2.75, 3.05) is 0 Å². The topological polar surface area (TPSA) is 0 Å². The summed E-state index contributed by atoms with van der Waals surface area (Å²) < 4.78 is 0. The van der Waals surface area contributed by atoms with Crippen LogP contribution in [-0.4, -0.2) is 0 Å². The van der Waals surface area contributed by atoms with E-state index in [1.807, 2.05) is 0 Å². The molecule has 0 fully saturated rings. The predicted octanol–water partition coefficient (Wildman–Crippen LogP) is 7.00. The summed E-state index contributed by atoms with van der Waals surface area (Å²) in [7, 11) is 0. The minimum atomic E-state index is 1.25. The monoisotopic (exact) mass is 320 g/mol. The van der Waals surface area contributed by atoms with Crippen LogP contribution < -0.4 is 0 Å². The van der Waals surface area contributed by atoms with Gasteiger partial charge < -0.3 is 0 Å². The highest BCUT2D eigenvalue weighted by atomic mass is 14.2. The molecule has 0 nitrogen and oxygen atoms in total. The molecule has 25 heavy (non-hydrogen) atoms. The summed E-state index contributed by atoms with van der Waals surface area (Å²) in [6.07, 6.45) is 0. The maximum Gasteiger partial charge on any atom is -0.00699 e. The zero-order valence-electron chi connectivity index (χ0n) is 14.3. The fraction of sp³-hybridized carbons (Fsp3) is 0.0400. The van der Waals surface area contributed by atoms with E-state index in [1.165, 1.54) is 38.9 Å². The lowest BCUT2D eigenvalue weighted by atomic mass is 9.86. The summed E-state index contributed by atoms with van der Waals surface area (Å²) >= 11 is 0. The third-order valence-electron chi connectivity index (χ3n) is 4.70. The van der Waals surface area contributed by atoms with Crippen molar-refractivity contribution in [3.63, 3.8) is 0 Å². The van der Waals surface area contributed by atoms with Gasteiger partial charge in [0.05, 0.1) is 0 Å². The molecule has 0 N–H and O–H groups in total. The van der Waals surface area contributed by atoms with Crippen LogP contribution in [0.2, 0.25) is 0 Å². The first-order valence-corrected chi connectivity index (χ1v) is 8.64. The molecular weight excluding hydrogens is 300 g/mol. The molecule has 0 atom stereocenters. The molecule has 0 radical (unpaired) electrons. The maximum atomic E-state index is 2.26. The average Bonchev–Trinajstić information content (AvgIpc) is 2.70. The van der Waals surface area contributed by atoms with Gasteiger partial charge in [-0.05, 0) is 45.9 Å². The summed E-state index contributed by atoms with van der Waals surface area (Å²) in [5.41, 5.74) is 8.98. The van der Waals surface area contributed by atoms with Gasteiger partial charge in [-0.3, -0.25) is 0 Å². The Morgan fingerprint density at radius 2 is 0.800 bits per heavy atom. The van der Waals surface area contributed by atoms with E-state index < -0.39 is 0 Å². The first-order chi connectivity index (χ1) is 12.3. The highest BCUT2D eigenvalue weighted by Gasteiger charge is 2.14. The van der Waals surface area contributed by atoms with Crippen LogP contribution >= 0.6 is 0 Å². The normalized spacial score (nSPS) is 10.6. The van der Waals surface area contributed by atoms with Crippen LogP contribution in [-0.2, 0) is 0 Å². The molecule has 0 saturated heterocycles. The van der Waals surface area contributed by atoms with Gasteiger partial charge in [0.1, 0.15) is 0 Å². The van der Waals surface area contributed by atoms with Gasteiger partial charge in [0, 0.05) is 0 Å². The van der Waals surface area contributed by atoms with Gasteiger partial charge in [0.15, 0.2) is 0 Å². The third-order valence-corrected chi connectivity index (χ3v) is 4.70. The summed E-state index contributed by atoms with van der Waals surface area (Å²) in [5, 5.41) is 0. The van der Waals surface area contributed by atoms with Crippen LogP contribution in [0.4, 0.5) is 0 Å². The van der Waals surface area contributed by atoms with Gasteiger partial charge in [-0.15, -0.1) is 0 Å². The van der Waals surface area contributed by atoms with Crippen molar-refractivity contribution in [2.24, 2.45) is 0 Å². The molecular formula is C25H20. The molecule has 0 heterocycles. The number of hydrogen-bond acceptors (Lipinski definition) is 0. The molecule has 0 aromatic heterocycles. The van der Waals surface area contributed by atoms with Crippen molar-refractivity contribution in [3.8, 4) is 33.4 Å². The maximum absolute atomic E-state index is 2.26. The Hall–Kier alpha value is -3.12. The fourth-order valence-electron chi connectivity index (χ4n) is 3.48. The van der Waals surface area contributed by atoms with Crippen molar-refractivity contribution in [1.82, 2.24) is 0 Å². The largest absolute Gasteiger partial charge is 0.0622 e. The molecule has 0 heteroatoms. The molecule has 4 aromatic carbocycles. The van der Waals surface area contributed by atoms with E-state index in [2.05, 4.69) is 110 Å². The van der Waals surface area contributed by atoms with E-state index in [4.69, 9.17) is 0 Å². The van der Waals surface area contributed by atoms with Crippen LogP contribution in [0.25, 0.3) is 33.4 Å². The smallest absolute Gasteiger partial charge is 0.00699 e. The zero-order valence-corrected chi connectivity index (χ0v) is 14.3. The van der Waals surface area contributed by atoms with E-state index in [0.29, 0.717) is 0 Å². The summed E-state index contributed by atoms with van der Waals surface area (Å²) in [4.78, 5) is 0. The molecule has 0 aliphatic heterocycles. The van der Waals surface area contributed by atoms with Gasteiger partial charge in [0.2, 0.25) is 0 Å².